The third kappa shape index (κ3) is 7.13. The van der Waals surface area contributed by atoms with Crippen molar-refractivity contribution in [3.8, 4) is 0 Å². The Morgan fingerprint density at radius 3 is 2.70 bits per heavy atom. The van der Waals surface area contributed by atoms with Crippen LogP contribution >= 0.6 is 0 Å². The van der Waals surface area contributed by atoms with Crippen LogP contribution in [0.4, 0.5) is 10.1 Å². The number of allylic oxidation sites excluding steroid dienone is 5. The van der Waals surface area contributed by atoms with Crippen molar-refractivity contribution in [3.05, 3.63) is 125 Å². The molecule has 6 heteroatoms. The number of H-pyrrole nitrogens is 1. The molecule has 1 fully saturated rings. The summed E-state index contributed by atoms with van der Waals surface area (Å²) in [5.74, 6) is 1.14. The van der Waals surface area contributed by atoms with Gasteiger partial charge < -0.3 is 16.0 Å². The lowest BCUT2D eigenvalue weighted by molar-refractivity contribution is 0.503. The standard InChI is InChI=1S/C34H40FN5/c1-5-12-28(32-15-10-11-16-38-32)34-23(4)39-33(40-34)19-27-18-29(30(35)20-31(27)36)26(7-3)17-24(6-2)21-37-22-25-13-8-9-14-25/h5-7,10-12,15-18,20,25,37H,1-2,8-9,13-14,19,21-22,36H2,3-4H3,(H,39,40)/b24-17+,26-7+,28-12-. The van der Waals surface area contributed by atoms with Crippen LogP contribution in [0.25, 0.3) is 11.1 Å². The van der Waals surface area contributed by atoms with Gasteiger partial charge in [-0.1, -0.05) is 62.4 Å². The number of halogens is 1. The predicted octanol–water partition coefficient (Wildman–Crippen LogP) is 7.34. The van der Waals surface area contributed by atoms with E-state index in [1.54, 1.807) is 12.3 Å². The lowest BCUT2D eigenvalue weighted by Crippen LogP contribution is -2.23. The number of anilines is 1. The Kier molecular flexibility index (Phi) is 10.0. The fourth-order valence-corrected chi connectivity index (χ4v) is 5.32. The van der Waals surface area contributed by atoms with Crippen molar-refractivity contribution in [2.75, 3.05) is 18.8 Å². The zero-order valence-corrected chi connectivity index (χ0v) is 23.6. The summed E-state index contributed by atoms with van der Waals surface area (Å²) < 4.78 is 15.2. The first-order valence-corrected chi connectivity index (χ1v) is 14.0. The normalized spacial score (nSPS) is 15.0. The van der Waals surface area contributed by atoms with Crippen molar-refractivity contribution >= 4 is 16.8 Å². The van der Waals surface area contributed by atoms with E-state index in [0.29, 0.717) is 24.2 Å². The molecule has 208 valence electrons. The SMILES string of the molecule is C=C/C=C(/c1ccccn1)c1nc(Cc2cc(C(/C=C(\C=C)CNCC3CCCC3)=C/C)c(F)cc2N)[nH]c1C. The summed E-state index contributed by atoms with van der Waals surface area (Å²) in [6.45, 7) is 13.4. The van der Waals surface area contributed by atoms with Gasteiger partial charge in [0.1, 0.15) is 11.6 Å². The van der Waals surface area contributed by atoms with Crippen LogP contribution < -0.4 is 11.1 Å². The molecule has 4 N–H and O–H groups in total. The van der Waals surface area contributed by atoms with E-state index in [1.165, 1.54) is 31.7 Å². The zero-order valence-electron chi connectivity index (χ0n) is 23.6. The molecule has 0 radical (unpaired) electrons. The molecular weight excluding hydrogens is 497 g/mol. The number of aromatic nitrogens is 3. The predicted molar refractivity (Wildman–Crippen MR) is 165 cm³/mol. The van der Waals surface area contributed by atoms with Crippen molar-refractivity contribution < 1.29 is 4.39 Å². The van der Waals surface area contributed by atoms with Crippen molar-refractivity contribution in [1.82, 2.24) is 20.3 Å². The van der Waals surface area contributed by atoms with Crippen molar-refractivity contribution in [1.29, 1.82) is 0 Å². The lowest BCUT2D eigenvalue weighted by atomic mass is 9.97. The summed E-state index contributed by atoms with van der Waals surface area (Å²) in [6, 6.07) is 9.01. The summed E-state index contributed by atoms with van der Waals surface area (Å²) in [5.41, 5.74) is 13.2. The zero-order chi connectivity index (χ0) is 28.5. The van der Waals surface area contributed by atoms with Crippen LogP contribution in [-0.2, 0) is 6.42 Å². The summed E-state index contributed by atoms with van der Waals surface area (Å²) in [7, 11) is 0. The number of nitrogens with one attached hydrogen (secondary N) is 2. The molecule has 4 rings (SSSR count). The summed E-state index contributed by atoms with van der Waals surface area (Å²) in [5, 5.41) is 3.56. The third-order valence-corrected chi connectivity index (χ3v) is 7.46. The van der Waals surface area contributed by atoms with E-state index < -0.39 is 0 Å². The number of aryl methyl sites for hydroxylation is 1. The van der Waals surface area contributed by atoms with Gasteiger partial charge in [0.15, 0.2) is 0 Å². The Labute approximate surface area is 237 Å². The van der Waals surface area contributed by atoms with E-state index in [4.69, 9.17) is 10.7 Å². The highest BCUT2D eigenvalue weighted by atomic mass is 19.1. The number of pyridine rings is 1. The average Bonchev–Trinajstić information content (AvgIpc) is 3.61. The Balaban J connectivity index is 1.57. The average molecular weight is 538 g/mol. The maximum Gasteiger partial charge on any atom is 0.133 e. The number of imidazole rings is 1. The molecule has 0 amide bonds. The van der Waals surface area contributed by atoms with Crippen LogP contribution in [0.1, 0.15) is 66.6 Å². The first-order valence-electron chi connectivity index (χ1n) is 14.0. The van der Waals surface area contributed by atoms with Gasteiger partial charge >= 0.3 is 0 Å². The minimum absolute atomic E-state index is 0.351. The second-order valence-corrected chi connectivity index (χ2v) is 10.3. The first-order chi connectivity index (χ1) is 19.4. The van der Waals surface area contributed by atoms with Gasteiger partial charge in [-0.05, 0) is 80.1 Å². The van der Waals surface area contributed by atoms with Crippen molar-refractivity contribution in [3.63, 3.8) is 0 Å². The molecule has 0 aliphatic heterocycles. The van der Waals surface area contributed by atoms with Crippen LogP contribution in [0.3, 0.4) is 0 Å². The molecule has 1 aliphatic carbocycles. The van der Waals surface area contributed by atoms with E-state index in [1.807, 2.05) is 62.4 Å². The van der Waals surface area contributed by atoms with Gasteiger partial charge in [-0.2, -0.15) is 0 Å². The van der Waals surface area contributed by atoms with Gasteiger partial charge in [0.05, 0.1) is 11.4 Å². The number of rotatable bonds is 12. The number of nitrogens with zero attached hydrogens (tertiary/aromatic N) is 2. The molecule has 1 saturated carbocycles. The second-order valence-electron chi connectivity index (χ2n) is 10.3. The summed E-state index contributed by atoms with van der Waals surface area (Å²) >= 11 is 0. The quantitative estimate of drug-likeness (QED) is 0.167. The van der Waals surface area contributed by atoms with Gasteiger partial charge in [0, 0.05) is 41.7 Å². The lowest BCUT2D eigenvalue weighted by Gasteiger charge is -2.13. The fourth-order valence-electron chi connectivity index (χ4n) is 5.32. The molecule has 0 atom stereocenters. The largest absolute Gasteiger partial charge is 0.398 e. The smallest absolute Gasteiger partial charge is 0.133 e. The number of hydrogen-bond donors (Lipinski definition) is 3. The minimum atomic E-state index is -0.351. The van der Waals surface area contributed by atoms with Gasteiger partial charge in [0.25, 0.3) is 0 Å². The van der Waals surface area contributed by atoms with E-state index >= 15 is 4.39 Å². The third-order valence-electron chi connectivity index (χ3n) is 7.46. The fraction of sp³-hybridized carbons (Fsp3) is 0.294. The topological polar surface area (TPSA) is 79.6 Å². The number of nitrogen functional groups attached to an aromatic ring is 1. The van der Waals surface area contributed by atoms with Crippen molar-refractivity contribution in [2.24, 2.45) is 5.92 Å². The summed E-state index contributed by atoms with van der Waals surface area (Å²) in [4.78, 5) is 12.7. The highest BCUT2D eigenvalue weighted by Gasteiger charge is 2.17. The molecule has 0 unspecified atom stereocenters. The van der Waals surface area contributed by atoms with Crippen LogP contribution in [0, 0.1) is 18.7 Å². The number of hydrogen-bond acceptors (Lipinski definition) is 4. The molecule has 0 bridgehead atoms. The van der Waals surface area contributed by atoms with Crippen LogP contribution in [0.2, 0.25) is 0 Å². The molecular formula is C34H40FN5. The van der Waals surface area contributed by atoms with Crippen molar-refractivity contribution in [2.45, 2.75) is 46.0 Å². The van der Waals surface area contributed by atoms with E-state index in [0.717, 1.165) is 57.7 Å². The van der Waals surface area contributed by atoms with Crippen LogP contribution in [0.15, 0.2) is 85.6 Å². The van der Waals surface area contributed by atoms with E-state index in [2.05, 4.69) is 28.4 Å². The minimum Gasteiger partial charge on any atom is -0.398 e. The van der Waals surface area contributed by atoms with Crippen LogP contribution in [0.5, 0.6) is 0 Å². The molecule has 2 aromatic heterocycles. The number of aromatic amines is 1. The van der Waals surface area contributed by atoms with Gasteiger partial charge in [-0.25, -0.2) is 9.37 Å². The molecule has 0 saturated heterocycles. The van der Waals surface area contributed by atoms with Gasteiger partial charge in [0.2, 0.25) is 0 Å². The first kappa shape index (κ1) is 29.0. The highest BCUT2D eigenvalue weighted by Crippen LogP contribution is 2.29. The number of benzene rings is 1. The summed E-state index contributed by atoms with van der Waals surface area (Å²) in [6.07, 6.45) is 16.8. The maximum absolute atomic E-state index is 15.2. The van der Waals surface area contributed by atoms with E-state index in [-0.39, 0.29) is 5.82 Å². The molecule has 40 heavy (non-hydrogen) atoms. The molecule has 1 aromatic carbocycles. The molecule has 1 aliphatic rings. The Morgan fingerprint density at radius 1 is 1.23 bits per heavy atom. The molecule has 0 spiro atoms. The Bertz CT molecular complexity index is 1420. The van der Waals surface area contributed by atoms with Gasteiger partial charge in [-0.15, -0.1) is 0 Å². The molecule has 5 nitrogen and oxygen atoms in total. The highest BCUT2D eigenvalue weighted by molar-refractivity contribution is 5.79. The monoisotopic (exact) mass is 537 g/mol. The maximum atomic E-state index is 15.2. The molecule has 3 aromatic rings. The Hall–Kier alpha value is -4.03. The second kappa shape index (κ2) is 13.9. The van der Waals surface area contributed by atoms with E-state index in [9.17, 15) is 0 Å². The van der Waals surface area contributed by atoms with Gasteiger partial charge in [-0.3, -0.25) is 4.98 Å². The number of nitrogens with two attached hydrogens (primary N) is 1. The van der Waals surface area contributed by atoms with Crippen LogP contribution in [-0.4, -0.2) is 28.0 Å². The Morgan fingerprint density at radius 2 is 2.02 bits per heavy atom. The molecule has 2 heterocycles.